The van der Waals surface area contributed by atoms with Gasteiger partial charge in [0.15, 0.2) is 0 Å². The number of unbranched alkanes of at least 4 members (excludes halogenated alkanes) is 1. The van der Waals surface area contributed by atoms with Crippen LogP contribution in [0.25, 0.3) is 0 Å². The van der Waals surface area contributed by atoms with Crippen LogP contribution >= 0.6 is 11.6 Å². The molecule has 12 nitrogen and oxygen atoms in total. The van der Waals surface area contributed by atoms with Crippen molar-refractivity contribution >= 4 is 23.5 Å². The molecule has 6 atom stereocenters. The van der Waals surface area contributed by atoms with Crippen LogP contribution in [0.2, 0.25) is 5.02 Å². The summed E-state index contributed by atoms with van der Waals surface area (Å²) in [5.41, 5.74) is 1.07. The molecule has 0 heterocycles. The number of allylic oxidation sites excluding steroid dienone is 2. The van der Waals surface area contributed by atoms with Gasteiger partial charge in [-0.05, 0) is 61.4 Å². The lowest BCUT2D eigenvalue weighted by atomic mass is 9.89. The van der Waals surface area contributed by atoms with Crippen LogP contribution in [-0.4, -0.2) is 63.2 Å². The maximum atomic E-state index is 12.4. The molecule has 1 saturated carbocycles. The summed E-state index contributed by atoms with van der Waals surface area (Å²) >= 11 is 5.95. The Labute approximate surface area is 272 Å². The molecule has 250 valence electrons. The molecule has 0 bridgehead atoms. The predicted molar refractivity (Wildman–Crippen MR) is 169 cm³/mol. The van der Waals surface area contributed by atoms with E-state index in [-0.39, 0.29) is 50.4 Å². The Morgan fingerprint density at radius 3 is 2.57 bits per heavy atom. The normalized spacial score (nSPS) is 20.8. The zero-order valence-electron chi connectivity index (χ0n) is 25.6. The third-order valence-corrected chi connectivity index (χ3v) is 7.82. The fraction of sp³-hybridized carbons (Fsp3) is 0.455. The maximum absolute atomic E-state index is 12.4. The van der Waals surface area contributed by atoms with Crippen molar-refractivity contribution in [2.24, 2.45) is 11.8 Å². The Kier molecular flexibility index (Phi) is 15.0. The highest BCUT2D eigenvalue weighted by molar-refractivity contribution is 6.30. The highest BCUT2D eigenvalue weighted by Crippen LogP contribution is 2.36. The van der Waals surface area contributed by atoms with Crippen molar-refractivity contribution < 1.29 is 44.3 Å². The Hall–Kier alpha value is -3.97. The molecule has 2 aromatic carbocycles. The van der Waals surface area contributed by atoms with Gasteiger partial charge in [-0.1, -0.05) is 66.2 Å². The van der Waals surface area contributed by atoms with Crippen molar-refractivity contribution in [1.82, 2.24) is 5.32 Å². The minimum Gasteiger partial charge on any atom is -0.491 e. The maximum Gasteiger partial charge on any atom is 0.328 e. The first-order valence-electron chi connectivity index (χ1n) is 15.1. The summed E-state index contributed by atoms with van der Waals surface area (Å²) in [6, 6.07) is 12.7. The van der Waals surface area contributed by atoms with Crippen molar-refractivity contribution in [3.05, 3.63) is 99.1 Å². The molecular weight excluding hydrogens is 620 g/mol. The van der Waals surface area contributed by atoms with E-state index in [1.807, 2.05) is 12.2 Å². The molecule has 0 radical (unpaired) electrons. The number of hydrogen-bond acceptors (Lipinski definition) is 10. The Balaban J connectivity index is 1.35. The van der Waals surface area contributed by atoms with E-state index in [0.717, 1.165) is 0 Å². The molecule has 4 N–H and O–H groups in total. The molecule has 1 fully saturated rings. The second-order valence-electron chi connectivity index (χ2n) is 11.1. The van der Waals surface area contributed by atoms with E-state index >= 15 is 0 Å². The molecule has 1 unspecified atom stereocenters. The number of aliphatic hydroxyl groups is 3. The largest absolute Gasteiger partial charge is 0.491 e. The average molecular weight is 661 g/mol. The van der Waals surface area contributed by atoms with E-state index < -0.39 is 35.4 Å². The molecule has 1 aliphatic rings. The Morgan fingerprint density at radius 2 is 1.85 bits per heavy atom. The number of amides is 1. The zero-order valence-corrected chi connectivity index (χ0v) is 26.3. The summed E-state index contributed by atoms with van der Waals surface area (Å²) in [7, 11) is 0. The number of aliphatic hydroxyl groups excluding tert-OH is 3. The first-order valence-corrected chi connectivity index (χ1v) is 15.5. The van der Waals surface area contributed by atoms with Crippen molar-refractivity contribution in [3.63, 3.8) is 0 Å². The van der Waals surface area contributed by atoms with Gasteiger partial charge in [0.25, 0.3) is 5.09 Å². The Bertz CT molecular complexity index is 1350. The average Bonchev–Trinajstić information content (AvgIpc) is 3.29. The first-order chi connectivity index (χ1) is 22.0. The third kappa shape index (κ3) is 12.4. The van der Waals surface area contributed by atoms with E-state index in [1.54, 1.807) is 60.7 Å². The fourth-order valence-corrected chi connectivity index (χ4v) is 5.30. The number of carbonyl (C=O) groups is 2. The van der Waals surface area contributed by atoms with Gasteiger partial charge in [-0.3, -0.25) is 4.79 Å². The molecule has 0 aliphatic heterocycles. The highest BCUT2D eigenvalue weighted by Gasteiger charge is 2.39. The van der Waals surface area contributed by atoms with Crippen LogP contribution in [0.5, 0.6) is 5.75 Å². The van der Waals surface area contributed by atoms with Crippen molar-refractivity contribution in [1.29, 1.82) is 0 Å². The number of rotatable bonds is 18. The number of nitrogens with zero attached hydrogens (tertiary/aromatic N) is 1. The summed E-state index contributed by atoms with van der Waals surface area (Å²) in [4.78, 5) is 39.6. The summed E-state index contributed by atoms with van der Waals surface area (Å²) in [5, 5.41) is 44.0. The van der Waals surface area contributed by atoms with E-state index in [1.165, 1.54) is 6.92 Å². The lowest BCUT2D eigenvalue weighted by Crippen LogP contribution is -2.39. The molecule has 46 heavy (non-hydrogen) atoms. The predicted octanol–water partition coefficient (Wildman–Crippen LogP) is 4.07. The topological polar surface area (TPSA) is 178 Å². The number of carbonyl (C=O) groups excluding carboxylic acids is 2. The van der Waals surface area contributed by atoms with Crippen LogP contribution in [0.15, 0.2) is 72.8 Å². The second-order valence-corrected chi connectivity index (χ2v) is 11.5. The van der Waals surface area contributed by atoms with E-state index in [9.17, 15) is 35.0 Å². The summed E-state index contributed by atoms with van der Waals surface area (Å²) in [6.07, 6.45) is 6.86. The number of benzene rings is 2. The lowest BCUT2D eigenvalue weighted by molar-refractivity contribution is -0.763. The molecule has 3 rings (SSSR count). The van der Waals surface area contributed by atoms with Crippen LogP contribution in [-0.2, 0) is 32.4 Å². The summed E-state index contributed by atoms with van der Waals surface area (Å²) in [6.45, 7) is 1.13. The number of hydrogen-bond donors (Lipinski definition) is 4. The monoisotopic (exact) mass is 660 g/mol. The molecular formula is C33H41ClN2O10. The van der Waals surface area contributed by atoms with Crippen LogP contribution in [0.3, 0.4) is 0 Å². The van der Waals surface area contributed by atoms with E-state index in [4.69, 9.17) is 21.1 Å². The zero-order chi connectivity index (χ0) is 33.5. The van der Waals surface area contributed by atoms with E-state index in [2.05, 4.69) is 10.2 Å². The van der Waals surface area contributed by atoms with Gasteiger partial charge in [0, 0.05) is 23.8 Å². The molecule has 0 aromatic heterocycles. The van der Waals surface area contributed by atoms with Gasteiger partial charge in [-0.15, -0.1) is 10.1 Å². The molecule has 13 heteroatoms. The smallest absolute Gasteiger partial charge is 0.328 e. The van der Waals surface area contributed by atoms with Gasteiger partial charge in [0.2, 0.25) is 5.91 Å². The van der Waals surface area contributed by atoms with E-state index in [0.29, 0.717) is 41.2 Å². The van der Waals surface area contributed by atoms with Crippen LogP contribution in [0.1, 0.15) is 50.2 Å². The quantitative estimate of drug-likeness (QED) is 0.0599. The summed E-state index contributed by atoms with van der Waals surface area (Å²) < 4.78 is 10.8. The van der Waals surface area contributed by atoms with Gasteiger partial charge >= 0.3 is 5.97 Å². The molecule has 1 amide bonds. The minimum atomic E-state index is -0.907. The van der Waals surface area contributed by atoms with Crippen molar-refractivity contribution in [3.8, 4) is 5.75 Å². The van der Waals surface area contributed by atoms with Gasteiger partial charge in [0.1, 0.15) is 37.7 Å². The highest BCUT2D eigenvalue weighted by atomic mass is 35.5. The third-order valence-electron chi connectivity index (χ3n) is 7.58. The van der Waals surface area contributed by atoms with Crippen molar-refractivity contribution in [2.75, 3.05) is 6.61 Å². The first kappa shape index (κ1) is 36.5. The number of esters is 1. The second kappa shape index (κ2) is 18.9. The molecule has 2 aromatic rings. The summed E-state index contributed by atoms with van der Waals surface area (Å²) in [5.74, 6) is -0.982. The molecule has 0 spiro atoms. The van der Waals surface area contributed by atoms with Gasteiger partial charge in [-0.25, -0.2) is 4.79 Å². The standard InChI is InChI=1S/C33H41ClN2O10/c1-22(33(41)45-19-23-9-6-7-10-24(23)20-46-36(42)43)35-32(40)14-5-3-2-4-13-28-29(31(39)18-30(28)38)16-15-26(37)21-44-27-12-8-11-25(34)17-27/h2,4,6-12,15-17,22,26,28-31,37-39H,3,5,13-14,18-21H2,1H3,(H,35,40)/t22?,26-,28-,29-,30+,31-/m1/s1. The lowest BCUT2D eigenvalue weighted by Gasteiger charge is -2.19. The van der Waals surface area contributed by atoms with Gasteiger partial charge in [-0.2, -0.15) is 0 Å². The minimum absolute atomic E-state index is 0.0124. The number of nitrogens with one attached hydrogen (secondary N) is 1. The van der Waals surface area contributed by atoms with Crippen LogP contribution < -0.4 is 10.1 Å². The number of ether oxygens (including phenoxy) is 2. The van der Waals surface area contributed by atoms with Crippen LogP contribution in [0, 0.1) is 22.0 Å². The van der Waals surface area contributed by atoms with Crippen molar-refractivity contribution in [2.45, 2.75) is 76.6 Å². The Morgan fingerprint density at radius 1 is 1.11 bits per heavy atom. The SMILES string of the molecule is CC(NC(=O)CCCC=CC[C@@H]1[C@@H](C=C[C@@H](O)COc2cccc(Cl)c2)[C@H](O)C[C@@H]1O)C(=O)OCc1ccccc1CO[N+](=O)[O-]. The van der Waals surface area contributed by atoms with Gasteiger partial charge < -0.3 is 34.9 Å². The number of halogens is 1. The molecule has 0 saturated heterocycles. The van der Waals surface area contributed by atoms with Gasteiger partial charge in [0.05, 0.1) is 12.2 Å². The van der Waals surface area contributed by atoms with Crippen LogP contribution in [0.4, 0.5) is 0 Å². The fourth-order valence-electron chi connectivity index (χ4n) is 5.12. The molecule has 1 aliphatic carbocycles.